The average molecular weight is 192 g/mol. The number of fused-ring (bicyclic) bond motifs is 1. The molecular weight excluding hydrogens is 184 g/mol. The summed E-state index contributed by atoms with van der Waals surface area (Å²) >= 11 is 0. The van der Waals surface area contributed by atoms with E-state index in [0.29, 0.717) is 5.78 Å². The number of esters is 1. The number of ether oxygens (including phenoxy) is 1. The Bertz CT molecular complexity index is 491. The molecule has 0 fully saturated rings. The van der Waals surface area contributed by atoms with Gasteiger partial charge >= 0.3 is 5.97 Å². The molecule has 0 aromatic carbocycles. The molecule has 0 N–H and O–H groups in total. The van der Waals surface area contributed by atoms with Gasteiger partial charge in [0, 0.05) is 12.4 Å². The lowest BCUT2D eigenvalue weighted by molar-refractivity contribution is 0.0587. The maximum absolute atomic E-state index is 11.1. The molecule has 0 atom stereocenters. The third-order valence-corrected chi connectivity index (χ3v) is 1.69. The third-order valence-electron chi connectivity index (χ3n) is 1.69. The van der Waals surface area contributed by atoms with E-state index in [1.807, 2.05) is 6.92 Å². The molecule has 0 aliphatic carbocycles. The van der Waals surface area contributed by atoms with Crippen LogP contribution < -0.4 is 0 Å². The molecule has 0 aliphatic rings. The van der Waals surface area contributed by atoms with Crippen molar-refractivity contribution in [2.75, 3.05) is 7.11 Å². The van der Waals surface area contributed by atoms with E-state index in [9.17, 15) is 4.79 Å². The Morgan fingerprint density at radius 2 is 2.36 bits per heavy atom. The molecule has 0 saturated heterocycles. The second-order valence-corrected chi connectivity index (χ2v) is 2.80. The summed E-state index contributed by atoms with van der Waals surface area (Å²) in [5.74, 6) is -0.158. The molecule has 0 radical (unpaired) electrons. The van der Waals surface area contributed by atoms with Gasteiger partial charge in [-0.15, -0.1) is 5.10 Å². The molecule has 2 heterocycles. The van der Waals surface area contributed by atoms with Gasteiger partial charge in [0.05, 0.1) is 7.11 Å². The Hall–Kier alpha value is -1.98. The number of rotatable bonds is 1. The average Bonchev–Trinajstić information content (AvgIpc) is 2.59. The van der Waals surface area contributed by atoms with E-state index in [4.69, 9.17) is 0 Å². The monoisotopic (exact) mass is 192 g/mol. The summed E-state index contributed by atoms with van der Waals surface area (Å²) < 4.78 is 5.94. The van der Waals surface area contributed by atoms with Crippen molar-refractivity contribution in [1.82, 2.24) is 19.6 Å². The van der Waals surface area contributed by atoms with Crippen molar-refractivity contribution in [1.29, 1.82) is 0 Å². The van der Waals surface area contributed by atoms with E-state index >= 15 is 0 Å². The number of carbonyl (C=O) groups is 1. The van der Waals surface area contributed by atoms with Gasteiger partial charge in [-0.2, -0.15) is 4.98 Å². The van der Waals surface area contributed by atoms with Gasteiger partial charge in [0.15, 0.2) is 0 Å². The van der Waals surface area contributed by atoms with Crippen LogP contribution >= 0.6 is 0 Å². The SMILES string of the molecule is COC(=O)c1nc2ncc(C)cn2n1. The highest BCUT2D eigenvalue weighted by atomic mass is 16.5. The maximum Gasteiger partial charge on any atom is 0.378 e. The first-order chi connectivity index (χ1) is 6.70. The Balaban J connectivity index is 2.56. The lowest BCUT2D eigenvalue weighted by Gasteiger charge is -1.90. The number of hydrogen-bond donors (Lipinski definition) is 0. The van der Waals surface area contributed by atoms with Crippen LogP contribution in [0.25, 0.3) is 5.78 Å². The molecule has 0 spiro atoms. The second-order valence-electron chi connectivity index (χ2n) is 2.80. The van der Waals surface area contributed by atoms with Crippen LogP contribution in [0.4, 0.5) is 0 Å². The minimum absolute atomic E-state index is 0.0191. The molecule has 0 bridgehead atoms. The zero-order valence-electron chi connectivity index (χ0n) is 7.76. The van der Waals surface area contributed by atoms with Gasteiger partial charge in [-0.3, -0.25) is 0 Å². The number of aromatic nitrogens is 4. The van der Waals surface area contributed by atoms with Crippen LogP contribution in [0.1, 0.15) is 16.2 Å². The van der Waals surface area contributed by atoms with Crippen LogP contribution in [0, 0.1) is 6.92 Å². The van der Waals surface area contributed by atoms with Crippen LogP contribution in [-0.4, -0.2) is 32.7 Å². The van der Waals surface area contributed by atoms with E-state index in [0.717, 1.165) is 5.56 Å². The first-order valence-corrected chi connectivity index (χ1v) is 3.98. The molecule has 2 aromatic heterocycles. The van der Waals surface area contributed by atoms with Gasteiger partial charge in [-0.05, 0) is 12.5 Å². The summed E-state index contributed by atoms with van der Waals surface area (Å²) in [6.07, 6.45) is 3.40. The van der Waals surface area contributed by atoms with Crippen LogP contribution in [-0.2, 0) is 4.74 Å². The number of nitrogens with zero attached hydrogens (tertiary/aromatic N) is 4. The third kappa shape index (κ3) is 1.30. The molecule has 0 amide bonds. The molecule has 0 saturated carbocycles. The lowest BCUT2D eigenvalue weighted by Crippen LogP contribution is -2.03. The van der Waals surface area contributed by atoms with Crippen LogP contribution in [0.2, 0.25) is 0 Å². The molecular formula is C8H8N4O2. The highest BCUT2D eigenvalue weighted by molar-refractivity contribution is 5.85. The van der Waals surface area contributed by atoms with Crippen LogP contribution in [0.5, 0.6) is 0 Å². The Morgan fingerprint density at radius 3 is 3.07 bits per heavy atom. The van der Waals surface area contributed by atoms with Gasteiger partial charge in [0.25, 0.3) is 11.6 Å². The zero-order valence-corrected chi connectivity index (χ0v) is 7.76. The summed E-state index contributed by atoms with van der Waals surface area (Å²) in [7, 11) is 1.28. The van der Waals surface area contributed by atoms with Gasteiger partial charge in [-0.25, -0.2) is 14.3 Å². The van der Waals surface area contributed by atoms with Crippen LogP contribution in [0.15, 0.2) is 12.4 Å². The number of carbonyl (C=O) groups excluding carboxylic acids is 1. The van der Waals surface area contributed by atoms with Crippen molar-refractivity contribution in [3.63, 3.8) is 0 Å². The summed E-state index contributed by atoms with van der Waals surface area (Å²) in [5, 5.41) is 3.91. The number of methoxy groups -OCH3 is 1. The molecule has 72 valence electrons. The van der Waals surface area contributed by atoms with Crippen molar-refractivity contribution >= 4 is 11.7 Å². The molecule has 14 heavy (non-hydrogen) atoms. The first-order valence-electron chi connectivity index (χ1n) is 3.98. The topological polar surface area (TPSA) is 69.4 Å². The second kappa shape index (κ2) is 3.06. The predicted molar refractivity (Wildman–Crippen MR) is 46.9 cm³/mol. The highest BCUT2D eigenvalue weighted by Crippen LogP contribution is 2.00. The fourth-order valence-corrected chi connectivity index (χ4v) is 1.05. The largest absolute Gasteiger partial charge is 0.463 e. The highest BCUT2D eigenvalue weighted by Gasteiger charge is 2.12. The molecule has 6 heteroatoms. The Kier molecular flexibility index (Phi) is 1.88. The molecule has 6 nitrogen and oxygen atoms in total. The molecule has 2 rings (SSSR count). The predicted octanol–water partition coefficient (Wildman–Crippen LogP) is 0.219. The summed E-state index contributed by atoms with van der Waals surface area (Å²) in [5.41, 5.74) is 0.943. The van der Waals surface area contributed by atoms with E-state index in [1.165, 1.54) is 11.6 Å². The quantitative estimate of drug-likeness (QED) is 0.604. The first kappa shape index (κ1) is 8.61. The minimum Gasteiger partial charge on any atom is -0.463 e. The van der Waals surface area contributed by atoms with Gasteiger partial charge < -0.3 is 4.74 Å². The van der Waals surface area contributed by atoms with Crippen molar-refractivity contribution in [3.05, 3.63) is 23.8 Å². The number of aryl methyl sites for hydroxylation is 1. The smallest absolute Gasteiger partial charge is 0.378 e. The Labute approximate surface area is 79.5 Å². The van der Waals surface area contributed by atoms with E-state index in [-0.39, 0.29) is 5.82 Å². The minimum atomic E-state index is -0.562. The zero-order chi connectivity index (χ0) is 10.1. The molecule has 0 unspecified atom stereocenters. The summed E-state index contributed by atoms with van der Waals surface area (Å²) in [6, 6.07) is 0. The van der Waals surface area contributed by atoms with E-state index < -0.39 is 5.97 Å². The lowest BCUT2D eigenvalue weighted by atomic mass is 10.4. The van der Waals surface area contributed by atoms with E-state index in [2.05, 4.69) is 19.8 Å². The van der Waals surface area contributed by atoms with Crippen molar-refractivity contribution in [2.45, 2.75) is 6.92 Å². The number of hydrogen-bond acceptors (Lipinski definition) is 5. The van der Waals surface area contributed by atoms with E-state index in [1.54, 1.807) is 12.4 Å². The van der Waals surface area contributed by atoms with Gasteiger partial charge in [0.2, 0.25) is 0 Å². The molecule has 0 aliphatic heterocycles. The normalized spacial score (nSPS) is 10.4. The fraction of sp³-hybridized carbons (Fsp3) is 0.250. The Morgan fingerprint density at radius 1 is 1.57 bits per heavy atom. The fourth-order valence-electron chi connectivity index (χ4n) is 1.05. The van der Waals surface area contributed by atoms with Gasteiger partial charge in [0.1, 0.15) is 0 Å². The maximum atomic E-state index is 11.1. The molecule has 2 aromatic rings. The van der Waals surface area contributed by atoms with Gasteiger partial charge in [-0.1, -0.05) is 0 Å². The van der Waals surface area contributed by atoms with Crippen molar-refractivity contribution < 1.29 is 9.53 Å². The summed E-state index contributed by atoms with van der Waals surface area (Å²) in [4.78, 5) is 19.0. The summed E-state index contributed by atoms with van der Waals surface area (Å²) in [6.45, 7) is 1.88. The van der Waals surface area contributed by atoms with Crippen molar-refractivity contribution in [2.24, 2.45) is 0 Å². The van der Waals surface area contributed by atoms with Crippen LogP contribution in [0.3, 0.4) is 0 Å². The standard InChI is InChI=1S/C8H8N4O2/c1-5-3-9-8-10-6(7(13)14-2)11-12(8)4-5/h3-4H,1-2H3. The van der Waals surface area contributed by atoms with Crippen molar-refractivity contribution in [3.8, 4) is 0 Å².